The van der Waals surface area contributed by atoms with Gasteiger partial charge in [0, 0.05) is 6.04 Å². The van der Waals surface area contributed by atoms with E-state index in [2.05, 4.69) is 10.1 Å². The van der Waals surface area contributed by atoms with Crippen LogP contribution in [0.1, 0.15) is 16.8 Å². The summed E-state index contributed by atoms with van der Waals surface area (Å²) in [6.07, 6.45) is -4.55. The Morgan fingerprint density at radius 3 is 2.36 bits per heavy atom. The number of benzene rings is 1. The second-order valence-electron chi connectivity index (χ2n) is 5.32. The molecule has 25 heavy (non-hydrogen) atoms. The average molecular weight is 381 g/mol. The number of alkyl halides is 3. The summed E-state index contributed by atoms with van der Waals surface area (Å²) in [7, 11) is -3.15. The number of sulfone groups is 1. The van der Waals surface area contributed by atoms with Crippen LogP contribution in [0.15, 0.2) is 24.3 Å². The molecule has 2 rings (SSSR count). The van der Waals surface area contributed by atoms with E-state index in [4.69, 9.17) is 4.74 Å². The van der Waals surface area contributed by atoms with Crippen molar-refractivity contribution in [2.45, 2.75) is 18.8 Å². The van der Waals surface area contributed by atoms with Crippen LogP contribution in [0.3, 0.4) is 0 Å². The van der Waals surface area contributed by atoms with E-state index < -0.39 is 46.5 Å². The van der Waals surface area contributed by atoms with Crippen molar-refractivity contribution in [1.29, 1.82) is 0 Å². The molecule has 0 spiro atoms. The molecule has 1 aliphatic heterocycles. The van der Waals surface area contributed by atoms with Crippen molar-refractivity contribution in [3.05, 3.63) is 29.8 Å². The van der Waals surface area contributed by atoms with Gasteiger partial charge >= 0.3 is 12.3 Å². The molecule has 0 unspecified atom stereocenters. The molecule has 0 saturated carbocycles. The Balaban J connectivity index is 1.80. The van der Waals surface area contributed by atoms with Crippen LogP contribution in [0.2, 0.25) is 0 Å². The van der Waals surface area contributed by atoms with Crippen molar-refractivity contribution in [2.24, 2.45) is 0 Å². The highest BCUT2D eigenvalue weighted by molar-refractivity contribution is 7.91. The molecule has 1 amide bonds. The van der Waals surface area contributed by atoms with Crippen LogP contribution in [-0.4, -0.2) is 50.8 Å². The molecule has 0 aliphatic carbocycles. The Labute approximate surface area is 141 Å². The average Bonchev–Trinajstić information content (AvgIpc) is 2.82. The van der Waals surface area contributed by atoms with Crippen molar-refractivity contribution >= 4 is 21.7 Å². The van der Waals surface area contributed by atoms with Gasteiger partial charge in [-0.15, -0.1) is 13.2 Å². The van der Waals surface area contributed by atoms with Crippen LogP contribution in [0, 0.1) is 0 Å². The van der Waals surface area contributed by atoms with Crippen molar-refractivity contribution in [3.63, 3.8) is 0 Å². The van der Waals surface area contributed by atoms with Gasteiger partial charge in [0.2, 0.25) is 0 Å². The number of amides is 1. The predicted octanol–water partition coefficient (Wildman–Crippen LogP) is 1.05. The minimum absolute atomic E-state index is 0.00984. The van der Waals surface area contributed by atoms with E-state index in [1.807, 2.05) is 0 Å². The quantitative estimate of drug-likeness (QED) is 0.766. The molecular weight excluding hydrogens is 367 g/mol. The summed E-state index contributed by atoms with van der Waals surface area (Å²) in [5.74, 6) is -2.23. The fourth-order valence-corrected chi connectivity index (χ4v) is 3.86. The third kappa shape index (κ3) is 6.25. The maximum atomic E-state index is 12.0. The molecule has 1 N–H and O–H groups in total. The lowest BCUT2D eigenvalue weighted by molar-refractivity contribution is -0.274. The minimum Gasteiger partial charge on any atom is -0.452 e. The number of carbonyl (C=O) groups excluding carboxylic acids is 2. The molecule has 1 aromatic rings. The van der Waals surface area contributed by atoms with Crippen LogP contribution in [0.25, 0.3) is 0 Å². The van der Waals surface area contributed by atoms with Gasteiger partial charge in [-0.1, -0.05) is 0 Å². The minimum atomic E-state index is -4.84. The molecule has 138 valence electrons. The van der Waals surface area contributed by atoms with Crippen LogP contribution in [-0.2, 0) is 19.4 Å². The highest BCUT2D eigenvalue weighted by Crippen LogP contribution is 2.22. The number of halogens is 3. The number of carbonyl (C=O) groups is 2. The zero-order valence-electron chi connectivity index (χ0n) is 12.7. The summed E-state index contributed by atoms with van der Waals surface area (Å²) >= 11 is 0. The number of rotatable bonds is 5. The summed E-state index contributed by atoms with van der Waals surface area (Å²) in [5.41, 5.74) is -0.0641. The number of hydrogen-bond donors (Lipinski definition) is 1. The summed E-state index contributed by atoms with van der Waals surface area (Å²) in [6, 6.07) is 3.48. The fourth-order valence-electron chi connectivity index (χ4n) is 2.19. The molecule has 11 heteroatoms. The third-order valence-electron chi connectivity index (χ3n) is 3.26. The number of ether oxygens (including phenoxy) is 2. The van der Waals surface area contributed by atoms with E-state index in [9.17, 15) is 31.2 Å². The van der Waals surface area contributed by atoms with Gasteiger partial charge in [-0.05, 0) is 30.7 Å². The molecular formula is C14H14F3NO6S. The third-order valence-corrected chi connectivity index (χ3v) is 5.02. The number of nitrogens with one attached hydrogen (secondary N) is 1. The van der Waals surface area contributed by atoms with E-state index in [1.165, 1.54) is 0 Å². The lowest BCUT2D eigenvalue weighted by Gasteiger charge is -2.11. The molecule has 1 saturated heterocycles. The topological polar surface area (TPSA) is 98.8 Å². The van der Waals surface area contributed by atoms with E-state index in [-0.39, 0.29) is 17.1 Å². The van der Waals surface area contributed by atoms with Crippen LogP contribution in [0.4, 0.5) is 13.2 Å². The Morgan fingerprint density at radius 2 is 1.84 bits per heavy atom. The first-order chi connectivity index (χ1) is 11.5. The SMILES string of the molecule is O=C(COC(=O)c1ccc(OC(F)(F)F)cc1)N[C@@H]1CCS(=O)(=O)C1. The highest BCUT2D eigenvalue weighted by Gasteiger charge is 2.31. The van der Waals surface area contributed by atoms with Crippen molar-refractivity contribution in [3.8, 4) is 5.75 Å². The maximum absolute atomic E-state index is 12.0. The van der Waals surface area contributed by atoms with Gasteiger partial charge in [0.05, 0.1) is 17.1 Å². The standard InChI is InChI=1S/C14H14F3NO6S/c15-14(16,17)24-11-3-1-9(2-4-11)13(20)23-7-12(19)18-10-5-6-25(21,22)8-10/h1-4,10H,5-8H2,(H,18,19)/t10-/m1/s1. The summed E-state index contributed by atoms with van der Waals surface area (Å²) in [4.78, 5) is 23.4. The Morgan fingerprint density at radius 1 is 1.20 bits per heavy atom. The van der Waals surface area contributed by atoms with Crippen LogP contribution in [0.5, 0.6) is 5.75 Å². The van der Waals surface area contributed by atoms with Gasteiger partial charge in [-0.2, -0.15) is 0 Å². The Kier molecular flexibility index (Phi) is 5.55. The van der Waals surface area contributed by atoms with Crippen molar-refractivity contribution in [1.82, 2.24) is 5.32 Å². The summed E-state index contributed by atoms with van der Waals surface area (Å²) < 4.78 is 67.0. The first kappa shape index (κ1) is 19.0. The first-order valence-electron chi connectivity index (χ1n) is 7.07. The Hall–Kier alpha value is -2.30. The van der Waals surface area contributed by atoms with Crippen molar-refractivity contribution in [2.75, 3.05) is 18.1 Å². The lowest BCUT2D eigenvalue weighted by Crippen LogP contribution is -2.38. The maximum Gasteiger partial charge on any atom is 0.573 e. The molecule has 0 radical (unpaired) electrons. The van der Waals surface area contributed by atoms with Gasteiger partial charge in [0.15, 0.2) is 16.4 Å². The predicted molar refractivity (Wildman–Crippen MR) is 78.6 cm³/mol. The normalized spacial score (nSPS) is 19.2. The number of esters is 1. The molecule has 1 atom stereocenters. The molecule has 1 heterocycles. The summed E-state index contributed by atoms with van der Waals surface area (Å²) in [5, 5.41) is 2.44. The second-order valence-corrected chi connectivity index (χ2v) is 7.54. The van der Waals surface area contributed by atoms with E-state index in [0.29, 0.717) is 6.42 Å². The highest BCUT2D eigenvalue weighted by atomic mass is 32.2. The molecule has 7 nitrogen and oxygen atoms in total. The van der Waals surface area contributed by atoms with Crippen LogP contribution >= 0.6 is 0 Å². The second kappa shape index (κ2) is 7.30. The monoisotopic (exact) mass is 381 g/mol. The van der Waals surface area contributed by atoms with Gasteiger partial charge in [-0.25, -0.2) is 13.2 Å². The molecule has 0 bridgehead atoms. The first-order valence-corrected chi connectivity index (χ1v) is 8.89. The van der Waals surface area contributed by atoms with Crippen molar-refractivity contribution < 1.29 is 40.7 Å². The van der Waals surface area contributed by atoms with Crippen LogP contribution < -0.4 is 10.1 Å². The zero-order valence-corrected chi connectivity index (χ0v) is 13.5. The van der Waals surface area contributed by atoms with Gasteiger partial charge < -0.3 is 14.8 Å². The molecule has 1 aliphatic rings. The largest absolute Gasteiger partial charge is 0.573 e. The smallest absolute Gasteiger partial charge is 0.452 e. The fraction of sp³-hybridized carbons (Fsp3) is 0.429. The molecule has 1 fully saturated rings. The van der Waals surface area contributed by atoms with Gasteiger partial charge in [0.25, 0.3) is 5.91 Å². The van der Waals surface area contributed by atoms with E-state index in [0.717, 1.165) is 24.3 Å². The Bertz CT molecular complexity index is 745. The van der Waals surface area contributed by atoms with E-state index in [1.54, 1.807) is 0 Å². The van der Waals surface area contributed by atoms with Gasteiger partial charge in [0.1, 0.15) is 5.75 Å². The number of hydrogen-bond acceptors (Lipinski definition) is 6. The molecule has 0 aromatic heterocycles. The van der Waals surface area contributed by atoms with Gasteiger partial charge in [-0.3, -0.25) is 4.79 Å². The lowest BCUT2D eigenvalue weighted by atomic mass is 10.2. The zero-order chi connectivity index (χ0) is 18.7. The molecule has 1 aromatic carbocycles. The van der Waals surface area contributed by atoms with E-state index >= 15 is 0 Å². The summed E-state index contributed by atoms with van der Waals surface area (Å²) in [6.45, 7) is -0.629.